The Labute approximate surface area is 151 Å². The third-order valence-electron chi connectivity index (χ3n) is 4.68. The second-order valence-electron chi connectivity index (χ2n) is 6.27. The number of nitrogens with zero attached hydrogens (tertiary/aromatic N) is 1. The molecule has 2 unspecified atom stereocenters. The Morgan fingerprint density at radius 2 is 1.80 bits per heavy atom. The molecule has 1 aliphatic rings. The molecule has 0 bridgehead atoms. The van der Waals surface area contributed by atoms with Crippen LogP contribution in [-0.2, 0) is 10.5 Å². The molecule has 0 spiro atoms. The number of thioether (sulfide) groups is 1. The van der Waals surface area contributed by atoms with Gasteiger partial charge in [-0.15, -0.1) is 11.8 Å². The lowest BCUT2D eigenvalue weighted by Crippen LogP contribution is -2.37. The van der Waals surface area contributed by atoms with Crippen LogP contribution in [0.2, 0.25) is 0 Å². The number of aliphatic carboxylic acids is 1. The summed E-state index contributed by atoms with van der Waals surface area (Å²) in [7, 11) is 0. The van der Waals surface area contributed by atoms with Gasteiger partial charge in [0.2, 0.25) is 0 Å². The van der Waals surface area contributed by atoms with Gasteiger partial charge in [-0.3, -0.25) is 9.59 Å². The zero-order valence-electron chi connectivity index (χ0n) is 14.1. The first kappa shape index (κ1) is 17.5. The highest BCUT2D eigenvalue weighted by Crippen LogP contribution is 2.27. The van der Waals surface area contributed by atoms with Crippen LogP contribution in [0.25, 0.3) is 0 Å². The summed E-state index contributed by atoms with van der Waals surface area (Å²) in [5.41, 5.74) is 1.77. The summed E-state index contributed by atoms with van der Waals surface area (Å²) in [6, 6.07) is 17.5. The van der Waals surface area contributed by atoms with Crippen molar-refractivity contribution in [3.05, 3.63) is 65.7 Å². The summed E-state index contributed by atoms with van der Waals surface area (Å²) < 4.78 is 0. The summed E-state index contributed by atoms with van der Waals surface area (Å²) >= 11 is 1.76. The van der Waals surface area contributed by atoms with E-state index in [1.807, 2.05) is 49.4 Å². The number of hydrogen-bond donors (Lipinski definition) is 1. The fourth-order valence-corrected chi connectivity index (χ4v) is 4.02. The number of amides is 1. The molecule has 1 saturated heterocycles. The highest BCUT2D eigenvalue weighted by molar-refractivity contribution is 7.98. The van der Waals surface area contributed by atoms with Gasteiger partial charge in [0.25, 0.3) is 5.91 Å². The van der Waals surface area contributed by atoms with Gasteiger partial charge < -0.3 is 10.0 Å². The van der Waals surface area contributed by atoms with Crippen LogP contribution in [0.4, 0.5) is 0 Å². The first-order valence-electron chi connectivity index (χ1n) is 8.37. The molecule has 0 aromatic heterocycles. The third kappa shape index (κ3) is 4.04. The SMILES string of the molecule is CC1C(C(=O)O)CCN1C(=O)c1ccc(CSc2ccccc2)cc1. The Morgan fingerprint density at radius 1 is 1.12 bits per heavy atom. The second-order valence-corrected chi connectivity index (χ2v) is 7.32. The van der Waals surface area contributed by atoms with E-state index in [1.165, 1.54) is 4.90 Å². The minimum atomic E-state index is -0.823. The van der Waals surface area contributed by atoms with Gasteiger partial charge >= 0.3 is 5.97 Å². The van der Waals surface area contributed by atoms with Gasteiger partial charge in [-0.05, 0) is 43.2 Å². The van der Waals surface area contributed by atoms with Crippen molar-refractivity contribution in [1.82, 2.24) is 4.90 Å². The van der Waals surface area contributed by atoms with Gasteiger partial charge in [-0.2, -0.15) is 0 Å². The monoisotopic (exact) mass is 355 g/mol. The van der Waals surface area contributed by atoms with Crippen molar-refractivity contribution >= 4 is 23.6 Å². The van der Waals surface area contributed by atoms with Crippen molar-refractivity contribution in [3.63, 3.8) is 0 Å². The Balaban J connectivity index is 1.62. The number of carbonyl (C=O) groups excluding carboxylic acids is 1. The molecule has 2 aromatic carbocycles. The van der Waals surface area contributed by atoms with E-state index in [-0.39, 0.29) is 11.9 Å². The maximum atomic E-state index is 12.6. The summed E-state index contributed by atoms with van der Waals surface area (Å²) in [6.07, 6.45) is 0.522. The van der Waals surface area contributed by atoms with Crippen LogP contribution in [0.5, 0.6) is 0 Å². The van der Waals surface area contributed by atoms with Crippen molar-refractivity contribution in [2.24, 2.45) is 5.92 Å². The smallest absolute Gasteiger partial charge is 0.308 e. The van der Waals surface area contributed by atoms with Gasteiger partial charge in [0.15, 0.2) is 0 Å². The van der Waals surface area contributed by atoms with Crippen molar-refractivity contribution < 1.29 is 14.7 Å². The topological polar surface area (TPSA) is 57.6 Å². The normalized spacial score (nSPS) is 19.8. The number of rotatable bonds is 5. The average molecular weight is 355 g/mol. The molecular formula is C20H21NO3S. The van der Waals surface area contributed by atoms with Crippen molar-refractivity contribution in [3.8, 4) is 0 Å². The van der Waals surface area contributed by atoms with Gasteiger partial charge in [0.1, 0.15) is 0 Å². The number of likely N-dealkylation sites (tertiary alicyclic amines) is 1. The van der Waals surface area contributed by atoms with Gasteiger partial charge in [-0.25, -0.2) is 0 Å². The first-order chi connectivity index (χ1) is 12.1. The Kier molecular flexibility index (Phi) is 5.43. The molecule has 130 valence electrons. The van der Waals surface area contributed by atoms with Crippen LogP contribution in [0.3, 0.4) is 0 Å². The Morgan fingerprint density at radius 3 is 2.40 bits per heavy atom. The van der Waals surface area contributed by atoms with E-state index in [0.717, 1.165) is 11.3 Å². The van der Waals surface area contributed by atoms with Crippen molar-refractivity contribution in [2.45, 2.75) is 30.0 Å². The van der Waals surface area contributed by atoms with Crippen LogP contribution in [0.15, 0.2) is 59.5 Å². The molecule has 25 heavy (non-hydrogen) atoms. The number of hydrogen-bond acceptors (Lipinski definition) is 3. The van der Waals surface area contributed by atoms with Gasteiger partial charge in [-0.1, -0.05) is 30.3 Å². The average Bonchev–Trinajstić information content (AvgIpc) is 3.02. The van der Waals surface area contributed by atoms with Crippen LogP contribution >= 0.6 is 11.8 Å². The number of benzene rings is 2. The molecule has 3 rings (SSSR count). The molecule has 1 N–H and O–H groups in total. The van der Waals surface area contributed by atoms with E-state index >= 15 is 0 Å². The van der Waals surface area contributed by atoms with Crippen molar-refractivity contribution in [1.29, 1.82) is 0 Å². The molecule has 1 heterocycles. The van der Waals surface area contributed by atoms with E-state index in [2.05, 4.69) is 12.1 Å². The minimum Gasteiger partial charge on any atom is -0.481 e. The van der Waals surface area contributed by atoms with E-state index in [1.54, 1.807) is 16.7 Å². The Bertz CT molecular complexity index is 745. The molecule has 1 amide bonds. The largest absolute Gasteiger partial charge is 0.481 e. The molecule has 0 saturated carbocycles. The molecule has 0 aliphatic carbocycles. The molecule has 2 aromatic rings. The quantitative estimate of drug-likeness (QED) is 0.826. The Hall–Kier alpha value is -2.27. The lowest BCUT2D eigenvalue weighted by molar-refractivity contribution is -0.142. The van der Waals surface area contributed by atoms with Gasteiger partial charge in [0.05, 0.1) is 5.92 Å². The molecule has 5 heteroatoms. The van der Waals surface area contributed by atoms with Crippen LogP contribution in [-0.4, -0.2) is 34.5 Å². The predicted octanol–water partition coefficient (Wildman–Crippen LogP) is 3.91. The predicted molar refractivity (Wildman–Crippen MR) is 98.7 cm³/mol. The van der Waals surface area contributed by atoms with E-state index in [4.69, 9.17) is 0 Å². The highest BCUT2D eigenvalue weighted by atomic mass is 32.2. The van der Waals surface area contributed by atoms with Crippen LogP contribution in [0, 0.1) is 5.92 Å². The lowest BCUT2D eigenvalue weighted by atomic mass is 10.0. The second kappa shape index (κ2) is 7.74. The fourth-order valence-electron chi connectivity index (χ4n) is 3.15. The molecule has 1 fully saturated rings. The van der Waals surface area contributed by atoms with Crippen LogP contribution < -0.4 is 0 Å². The third-order valence-corrected chi connectivity index (χ3v) is 5.77. The summed E-state index contributed by atoms with van der Waals surface area (Å²) in [4.78, 5) is 26.7. The number of carbonyl (C=O) groups is 2. The highest BCUT2D eigenvalue weighted by Gasteiger charge is 2.38. The van der Waals surface area contributed by atoms with Gasteiger partial charge in [0, 0.05) is 28.8 Å². The molecule has 1 aliphatic heterocycles. The summed E-state index contributed by atoms with van der Waals surface area (Å²) in [5.74, 6) is -0.528. The van der Waals surface area contributed by atoms with E-state index < -0.39 is 11.9 Å². The minimum absolute atomic E-state index is 0.0847. The number of carboxylic acids is 1. The molecule has 2 atom stereocenters. The summed E-state index contributed by atoms with van der Waals surface area (Å²) in [5, 5.41) is 9.20. The molecule has 4 nitrogen and oxygen atoms in total. The zero-order valence-corrected chi connectivity index (χ0v) is 14.9. The van der Waals surface area contributed by atoms with Crippen molar-refractivity contribution in [2.75, 3.05) is 6.54 Å². The fraction of sp³-hybridized carbons (Fsp3) is 0.300. The number of carboxylic acid groups (broad SMARTS) is 1. The lowest BCUT2D eigenvalue weighted by Gasteiger charge is -2.23. The van der Waals surface area contributed by atoms with Crippen LogP contribution in [0.1, 0.15) is 29.3 Å². The summed E-state index contributed by atoms with van der Waals surface area (Å²) in [6.45, 7) is 2.32. The van der Waals surface area contributed by atoms with E-state index in [0.29, 0.717) is 18.5 Å². The standard InChI is InChI=1S/C20H21NO3S/c1-14-18(20(23)24)11-12-21(14)19(22)16-9-7-15(8-10-16)13-25-17-5-3-2-4-6-17/h2-10,14,18H,11-13H2,1H3,(H,23,24). The first-order valence-corrected chi connectivity index (χ1v) is 9.35. The zero-order chi connectivity index (χ0) is 17.8. The van der Waals surface area contributed by atoms with E-state index in [9.17, 15) is 14.7 Å². The maximum absolute atomic E-state index is 12.6. The molecule has 0 radical (unpaired) electrons. The molecular weight excluding hydrogens is 334 g/mol. The maximum Gasteiger partial charge on any atom is 0.308 e.